The molecule has 19 heavy (non-hydrogen) atoms. The number of aryl methyl sites for hydroxylation is 2. The van der Waals surface area contributed by atoms with Gasteiger partial charge in [0.1, 0.15) is 5.75 Å². The number of hydrogen-bond donors (Lipinski definition) is 0. The highest BCUT2D eigenvalue weighted by atomic mass is 16.5. The molecule has 0 amide bonds. The van der Waals surface area contributed by atoms with Crippen LogP contribution >= 0.6 is 0 Å². The third-order valence-electron chi connectivity index (χ3n) is 2.89. The molecule has 0 bridgehead atoms. The van der Waals surface area contributed by atoms with Crippen molar-refractivity contribution < 1.29 is 9.53 Å². The zero-order valence-electron chi connectivity index (χ0n) is 11.3. The van der Waals surface area contributed by atoms with Gasteiger partial charge in [-0.25, -0.2) is 4.98 Å². The topological polar surface area (TPSA) is 44.1 Å². The van der Waals surface area contributed by atoms with Crippen molar-refractivity contribution in [3.05, 3.63) is 48.0 Å². The Morgan fingerprint density at radius 2 is 2.26 bits per heavy atom. The highest BCUT2D eigenvalue weighted by Crippen LogP contribution is 2.13. The van der Waals surface area contributed by atoms with Crippen molar-refractivity contribution in [1.82, 2.24) is 9.55 Å². The van der Waals surface area contributed by atoms with E-state index in [2.05, 4.69) is 4.98 Å². The molecule has 0 atom stereocenters. The normalized spacial score (nSPS) is 10.4. The van der Waals surface area contributed by atoms with Crippen molar-refractivity contribution in [1.29, 1.82) is 0 Å². The molecule has 4 nitrogen and oxygen atoms in total. The highest BCUT2D eigenvalue weighted by molar-refractivity contribution is 5.92. The number of rotatable bonds is 6. The van der Waals surface area contributed by atoms with Crippen molar-refractivity contribution in [2.45, 2.75) is 26.8 Å². The van der Waals surface area contributed by atoms with Crippen LogP contribution in [0.5, 0.6) is 5.75 Å². The van der Waals surface area contributed by atoms with Gasteiger partial charge in [-0.05, 0) is 31.5 Å². The molecule has 0 fully saturated rings. The van der Waals surface area contributed by atoms with Crippen molar-refractivity contribution in [2.75, 3.05) is 6.61 Å². The second-order valence-corrected chi connectivity index (χ2v) is 4.38. The van der Waals surface area contributed by atoms with Gasteiger partial charge < -0.3 is 9.30 Å². The largest absolute Gasteiger partial charge is 0.493 e. The molecule has 0 saturated carbocycles. The highest BCUT2D eigenvalue weighted by Gasteiger charge is 2.11. The van der Waals surface area contributed by atoms with E-state index in [-0.39, 0.29) is 5.78 Å². The summed E-state index contributed by atoms with van der Waals surface area (Å²) < 4.78 is 7.41. The average molecular weight is 258 g/mol. The molecule has 0 saturated heterocycles. The Balaban J connectivity index is 1.88. The van der Waals surface area contributed by atoms with Crippen molar-refractivity contribution in [3.8, 4) is 5.75 Å². The lowest BCUT2D eigenvalue weighted by atomic mass is 10.2. The van der Waals surface area contributed by atoms with Crippen LogP contribution in [0.3, 0.4) is 0 Å². The molecule has 1 aromatic carbocycles. The number of nitrogens with zero attached hydrogens (tertiary/aromatic N) is 2. The Bertz CT molecular complexity index is 561. The number of aromatic nitrogens is 2. The molecule has 4 heteroatoms. The Morgan fingerprint density at radius 3 is 3.00 bits per heavy atom. The lowest BCUT2D eigenvalue weighted by Crippen LogP contribution is -2.12. The summed E-state index contributed by atoms with van der Waals surface area (Å²) in [6.45, 7) is 5.12. The van der Waals surface area contributed by atoms with Gasteiger partial charge in [-0.2, -0.15) is 0 Å². The van der Waals surface area contributed by atoms with Gasteiger partial charge in [0.15, 0.2) is 5.82 Å². The van der Waals surface area contributed by atoms with Crippen LogP contribution in [0.15, 0.2) is 36.7 Å². The molecule has 0 unspecified atom stereocenters. The van der Waals surface area contributed by atoms with Gasteiger partial charge in [0, 0.05) is 25.4 Å². The number of carbonyl (C=O) groups excluding carboxylic acids is 1. The zero-order valence-corrected chi connectivity index (χ0v) is 11.3. The standard InChI is InChI=1S/C15H18N2O2/c1-3-17-9-8-16-15(17)14(18)7-10-19-13-6-4-5-12(2)11-13/h4-6,8-9,11H,3,7,10H2,1-2H3. The molecule has 100 valence electrons. The maximum absolute atomic E-state index is 12.0. The van der Waals surface area contributed by atoms with Crippen molar-refractivity contribution in [3.63, 3.8) is 0 Å². The van der Waals surface area contributed by atoms with Gasteiger partial charge in [-0.1, -0.05) is 12.1 Å². The third-order valence-corrected chi connectivity index (χ3v) is 2.89. The quantitative estimate of drug-likeness (QED) is 0.748. The van der Waals surface area contributed by atoms with E-state index in [9.17, 15) is 4.79 Å². The first-order chi connectivity index (χ1) is 9.20. The van der Waals surface area contributed by atoms with Crippen LogP contribution in [0, 0.1) is 6.92 Å². The monoisotopic (exact) mass is 258 g/mol. The summed E-state index contributed by atoms with van der Waals surface area (Å²) in [4.78, 5) is 16.1. The smallest absolute Gasteiger partial charge is 0.201 e. The van der Waals surface area contributed by atoms with Gasteiger partial charge in [0.05, 0.1) is 6.61 Å². The molecule has 1 heterocycles. The van der Waals surface area contributed by atoms with Crippen LogP contribution in [0.1, 0.15) is 29.5 Å². The summed E-state index contributed by atoms with van der Waals surface area (Å²) in [5.41, 5.74) is 1.14. The van der Waals surface area contributed by atoms with E-state index >= 15 is 0 Å². The number of carbonyl (C=O) groups is 1. The predicted octanol–water partition coefficient (Wildman–Crippen LogP) is 2.86. The number of hydrogen-bond acceptors (Lipinski definition) is 3. The SMILES string of the molecule is CCn1ccnc1C(=O)CCOc1cccc(C)c1. The van der Waals surface area contributed by atoms with E-state index in [4.69, 9.17) is 4.74 Å². The van der Waals surface area contributed by atoms with Crippen LogP contribution in [-0.2, 0) is 6.54 Å². The Labute approximate surface area is 113 Å². The van der Waals surface area contributed by atoms with E-state index in [1.807, 2.05) is 48.9 Å². The van der Waals surface area contributed by atoms with Crippen LogP contribution in [-0.4, -0.2) is 21.9 Å². The maximum atomic E-state index is 12.0. The Morgan fingerprint density at radius 1 is 1.42 bits per heavy atom. The summed E-state index contributed by atoms with van der Waals surface area (Å²) in [7, 11) is 0. The summed E-state index contributed by atoms with van der Waals surface area (Å²) >= 11 is 0. The lowest BCUT2D eigenvalue weighted by molar-refractivity contribution is 0.0948. The number of Topliss-reactive ketones (excluding diaryl/α,β-unsaturated/α-hetero) is 1. The molecule has 2 rings (SSSR count). The van der Waals surface area contributed by atoms with Gasteiger partial charge >= 0.3 is 0 Å². The summed E-state index contributed by atoms with van der Waals surface area (Å²) in [5, 5.41) is 0. The maximum Gasteiger partial charge on any atom is 0.201 e. The third kappa shape index (κ3) is 3.44. The van der Waals surface area contributed by atoms with E-state index in [0.717, 1.165) is 17.9 Å². The van der Waals surface area contributed by atoms with Crippen LogP contribution in [0.4, 0.5) is 0 Å². The van der Waals surface area contributed by atoms with Crippen molar-refractivity contribution >= 4 is 5.78 Å². The molecule has 0 N–H and O–H groups in total. The predicted molar refractivity (Wildman–Crippen MR) is 73.5 cm³/mol. The fraction of sp³-hybridized carbons (Fsp3) is 0.333. The Kier molecular flexibility index (Phi) is 4.34. The van der Waals surface area contributed by atoms with E-state index in [1.54, 1.807) is 6.20 Å². The lowest BCUT2D eigenvalue weighted by Gasteiger charge is -2.07. The minimum atomic E-state index is 0.0134. The summed E-state index contributed by atoms with van der Waals surface area (Å²) in [6.07, 6.45) is 3.80. The molecule has 1 aromatic heterocycles. The molecule has 0 radical (unpaired) electrons. The fourth-order valence-corrected chi connectivity index (χ4v) is 1.90. The van der Waals surface area contributed by atoms with E-state index in [1.165, 1.54) is 0 Å². The molecular weight excluding hydrogens is 240 g/mol. The molecular formula is C15H18N2O2. The number of benzene rings is 1. The summed E-state index contributed by atoms with van der Waals surface area (Å²) in [6, 6.07) is 7.80. The second-order valence-electron chi connectivity index (χ2n) is 4.38. The molecule has 0 aliphatic heterocycles. The first kappa shape index (κ1) is 13.3. The molecule has 0 aliphatic rings. The van der Waals surface area contributed by atoms with Gasteiger partial charge in [-0.3, -0.25) is 4.79 Å². The zero-order chi connectivity index (χ0) is 13.7. The number of ether oxygens (including phenoxy) is 1. The molecule has 0 spiro atoms. The minimum absolute atomic E-state index is 0.0134. The van der Waals surface area contributed by atoms with Gasteiger partial charge in [0.2, 0.25) is 5.78 Å². The van der Waals surface area contributed by atoms with Crippen LogP contribution < -0.4 is 4.74 Å². The first-order valence-corrected chi connectivity index (χ1v) is 6.44. The molecule has 2 aromatic rings. The van der Waals surface area contributed by atoms with Crippen LogP contribution in [0.2, 0.25) is 0 Å². The second kappa shape index (κ2) is 6.18. The van der Waals surface area contributed by atoms with Gasteiger partial charge in [0.25, 0.3) is 0 Å². The van der Waals surface area contributed by atoms with Crippen LogP contribution in [0.25, 0.3) is 0 Å². The van der Waals surface area contributed by atoms with Crippen molar-refractivity contribution in [2.24, 2.45) is 0 Å². The average Bonchev–Trinajstić information content (AvgIpc) is 2.87. The first-order valence-electron chi connectivity index (χ1n) is 6.44. The van der Waals surface area contributed by atoms with E-state index in [0.29, 0.717) is 18.9 Å². The van der Waals surface area contributed by atoms with E-state index < -0.39 is 0 Å². The number of ketones is 1. The summed E-state index contributed by atoms with van der Waals surface area (Å²) in [5.74, 6) is 1.32. The van der Waals surface area contributed by atoms with Gasteiger partial charge in [-0.15, -0.1) is 0 Å². The fourth-order valence-electron chi connectivity index (χ4n) is 1.90. The minimum Gasteiger partial charge on any atom is -0.493 e. The number of imidazole rings is 1. The Hall–Kier alpha value is -2.10. The molecule has 0 aliphatic carbocycles.